The van der Waals surface area contributed by atoms with Crippen LogP contribution in [0, 0.1) is 34.5 Å². The smallest absolute Gasteiger partial charge is 0.196 e. The summed E-state index contributed by atoms with van der Waals surface area (Å²) in [4.78, 5) is 0. The van der Waals surface area contributed by atoms with Crippen molar-refractivity contribution in [1.29, 1.82) is 10.5 Å². The summed E-state index contributed by atoms with van der Waals surface area (Å²) in [5.41, 5.74) is 2.10. The van der Waals surface area contributed by atoms with Crippen LogP contribution in [0.15, 0.2) is 36.2 Å². The third kappa shape index (κ3) is 6.69. The van der Waals surface area contributed by atoms with Gasteiger partial charge in [0.05, 0.1) is 17.7 Å². The Morgan fingerprint density at radius 1 is 0.966 bits per heavy atom. The summed E-state index contributed by atoms with van der Waals surface area (Å²) in [6, 6.07) is 11.8. The van der Waals surface area contributed by atoms with Gasteiger partial charge in [-0.15, -0.1) is 0 Å². The van der Waals surface area contributed by atoms with Crippen molar-refractivity contribution in [2.75, 3.05) is 6.61 Å². The van der Waals surface area contributed by atoms with Gasteiger partial charge in [0.15, 0.2) is 5.83 Å². The molecule has 1 aromatic carbocycles. The van der Waals surface area contributed by atoms with Crippen LogP contribution < -0.4 is 0 Å². The van der Waals surface area contributed by atoms with E-state index in [9.17, 15) is 4.39 Å². The van der Waals surface area contributed by atoms with E-state index in [4.69, 9.17) is 15.3 Å². The van der Waals surface area contributed by atoms with Gasteiger partial charge < -0.3 is 4.74 Å². The minimum absolute atomic E-state index is 0.383. The largest absolute Gasteiger partial charge is 0.378 e. The number of ether oxygens (including phenoxy) is 1. The van der Waals surface area contributed by atoms with Crippen molar-refractivity contribution in [1.82, 2.24) is 0 Å². The number of halogens is 1. The van der Waals surface area contributed by atoms with Gasteiger partial charge in [-0.1, -0.05) is 12.1 Å². The molecule has 0 bridgehead atoms. The van der Waals surface area contributed by atoms with E-state index < -0.39 is 5.83 Å². The lowest BCUT2D eigenvalue weighted by Gasteiger charge is -2.32. The monoisotopic (exact) mass is 394 g/mol. The van der Waals surface area contributed by atoms with E-state index >= 15 is 0 Å². The molecule has 2 fully saturated rings. The molecule has 4 heteroatoms. The Morgan fingerprint density at radius 3 is 2.24 bits per heavy atom. The molecule has 3 nitrogen and oxygen atoms in total. The maximum absolute atomic E-state index is 12.8. The summed E-state index contributed by atoms with van der Waals surface area (Å²) in [7, 11) is 0. The molecule has 2 aliphatic carbocycles. The van der Waals surface area contributed by atoms with E-state index in [0.29, 0.717) is 30.3 Å². The second kappa shape index (κ2) is 11.1. The van der Waals surface area contributed by atoms with Crippen molar-refractivity contribution in [3.8, 4) is 12.1 Å². The van der Waals surface area contributed by atoms with Crippen LogP contribution in [0.25, 0.3) is 0 Å². The standard InChI is InChI=1S/C25H31FN2O/c26-24(17-28)3-1-2-19-8-14-25(15-9-19)29-18-21-6-12-23(13-7-21)22-10-4-20(16-27)5-11-22/h3-5,10-11,19,21,23,25H,1-2,6-9,12-15,18H2/b24-3-. The highest BCUT2D eigenvalue weighted by molar-refractivity contribution is 5.33. The maximum Gasteiger partial charge on any atom is 0.196 e. The van der Waals surface area contributed by atoms with E-state index in [1.807, 2.05) is 12.1 Å². The van der Waals surface area contributed by atoms with Crippen LogP contribution in [-0.2, 0) is 4.74 Å². The average molecular weight is 395 g/mol. The molecule has 0 N–H and O–H groups in total. The summed E-state index contributed by atoms with van der Waals surface area (Å²) in [6.45, 7) is 0.880. The Hall–Kier alpha value is -2.17. The van der Waals surface area contributed by atoms with E-state index in [0.717, 1.165) is 44.3 Å². The SMILES string of the molecule is N#C/C(F)=C/CCC1CCC(OCC2CCC(c3ccc(C#N)cc3)CC2)CC1. The van der Waals surface area contributed by atoms with Crippen LogP contribution in [0.5, 0.6) is 0 Å². The topological polar surface area (TPSA) is 56.8 Å². The summed E-state index contributed by atoms with van der Waals surface area (Å²) >= 11 is 0. The van der Waals surface area contributed by atoms with Crippen molar-refractivity contribution < 1.29 is 9.13 Å². The van der Waals surface area contributed by atoms with Crippen LogP contribution in [-0.4, -0.2) is 12.7 Å². The van der Waals surface area contributed by atoms with Gasteiger partial charge in [0.1, 0.15) is 6.07 Å². The van der Waals surface area contributed by atoms with Crippen LogP contribution in [0.3, 0.4) is 0 Å². The van der Waals surface area contributed by atoms with Gasteiger partial charge in [0.25, 0.3) is 0 Å². The van der Waals surface area contributed by atoms with Crippen LogP contribution in [0.1, 0.15) is 81.3 Å². The first kappa shape index (κ1) is 21.5. The molecule has 2 saturated carbocycles. The summed E-state index contributed by atoms with van der Waals surface area (Å²) in [5.74, 6) is 1.27. The molecule has 0 aliphatic heterocycles. The molecule has 1 aromatic rings. The lowest BCUT2D eigenvalue weighted by molar-refractivity contribution is -0.00824. The van der Waals surface area contributed by atoms with E-state index in [1.54, 1.807) is 0 Å². The molecule has 2 aliphatic rings. The number of nitrogens with zero attached hydrogens (tertiary/aromatic N) is 2. The van der Waals surface area contributed by atoms with Gasteiger partial charge in [-0.2, -0.15) is 14.9 Å². The van der Waals surface area contributed by atoms with E-state index in [2.05, 4.69) is 18.2 Å². The Morgan fingerprint density at radius 2 is 1.62 bits per heavy atom. The van der Waals surface area contributed by atoms with Crippen molar-refractivity contribution in [2.45, 2.75) is 76.2 Å². The normalized spacial score (nSPS) is 27.8. The first-order valence-electron chi connectivity index (χ1n) is 11.1. The number of hydrogen-bond donors (Lipinski definition) is 0. The minimum Gasteiger partial charge on any atom is -0.378 e. The number of nitriles is 2. The van der Waals surface area contributed by atoms with Gasteiger partial charge in [-0.05, 0) is 106 Å². The Kier molecular flexibility index (Phi) is 8.26. The molecule has 0 atom stereocenters. The zero-order valence-electron chi connectivity index (χ0n) is 17.2. The van der Waals surface area contributed by atoms with Crippen LogP contribution in [0.2, 0.25) is 0 Å². The summed E-state index contributed by atoms with van der Waals surface area (Å²) in [5, 5.41) is 17.4. The molecule has 0 unspecified atom stereocenters. The van der Waals surface area contributed by atoms with Gasteiger partial charge >= 0.3 is 0 Å². The number of allylic oxidation sites excluding steroid dienone is 2. The highest BCUT2D eigenvalue weighted by Crippen LogP contribution is 2.37. The quantitative estimate of drug-likeness (QED) is 0.492. The Bertz CT molecular complexity index is 743. The van der Waals surface area contributed by atoms with Crippen molar-refractivity contribution >= 4 is 0 Å². The molecule has 0 spiro atoms. The summed E-state index contributed by atoms with van der Waals surface area (Å²) < 4.78 is 19.1. The molecule has 0 aromatic heterocycles. The Balaban J connectivity index is 1.31. The Labute approximate surface area is 174 Å². The second-order valence-electron chi connectivity index (χ2n) is 8.67. The van der Waals surface area contributed by atoms with Crippen LogP contribution in [0.4, 0.5) is 4.39 Å². The number of hydrogen-bond acceptors (Lipinski definition) is 3. The fraction of sp³-hybridized carbons (Fsp3) is 0.600. The molecule has 0 radical (unpaired) electrons. The fourth-order valence-corrected chi connectivity index (χ4v) is 4.84. The van der Waals surface area contributed by atoms with Crippen molar-refractivity contribution in [3.05, 3.63) is 47.3 Å². The van der Waals surface area contributed by atoms with Crippen molar-refractivity contribution in [3.63, 3.8) is 0 Å². The van der Waals surface area contributed by atoms with E-state index in [-0.39, 0.29) is 0 Å². The molecule has 3 rings (SSSR count). The highest BCUT2D eigenvalue weighted by Gasteiger charge is 2.25. The molecule has 0 saturated heterocycles. The zero-order chi connectivity index (χ0) is 20.5. The van der Waals surface area contributed by atoms with E-state index in [1.165, 1.54) is 43.4 Å². The van der Waals surface area contributed by atoms with Gasteiger partial charge in [-0.25, -0.2) is 0 Å². The predicted octanol–water partition coefficient (Wildman–Crippen LogP) is 6.56. The minimum atomic E-state index is -0.657. The lowest BCUT2D eigenvalue weighted by Crippen LogP contribution is -2.25. The average Bonchev–Trinajstić information content (AvgIpc) is 2.79. The van der Waals surface area contributed by atoms with Gasteiger partial charge in [0, 0.05) is 6.61 Å². The zero-order valence-corrected chi connectivity index (χ0v) is 17.2. The molecule has 0 amide bonds. The molecule has 29 heavy (non-hydrogen) atoms. The van der Waals surface area contributed by atoms with Gasteiger partial charge in [0.2, 0.25) is 0 Å². The van der Waals surface area contributed by atoms with Crippen LogP contribution >= 0.6 is 0 Å². The summed E-state index contributed by atoms with van der Waals surface area (Å²) in [6.07, 6.45) is 12.8. The molecule has 154 valence electrons. The first-order valence-corrected chi connectivity index (χ1v) is 11.1. The molecular weight excluding hydrogens is 363 g/mol. The van der Waals surface area contributed by atoms with Gasteiger partial charge in [-0.3, -0.25) is 0 Å². The third-order valence-electron chi connectivity index (χ3n) is 6.72. The first-order chi connectivity index (χ1) is 14.2. The third-order valence-corrected chi connectivity index (χ3v) is 6.72. The highest BCUT2D eigenvalue weighted by atomic mass is 19.1. The lowest BCUT2D eigenvalue weighted by atomic mass is 9.79. The number of benzene rings is 1. The van der Waals surface area contributed by atoms with Crippen molar-refractivity contribution in [2.24, 2.45) is 11.8 Å². The fourth-order valence-electron chi connectivity index (χ4n) is 4.84. The second-order valence-corrected chi connectivity index (χ2v) is 8.67. The predicted molar refractivity (Wildman–Crippen MR) is 112 cm³/mol. The molecular formula is C25H31FN2O. The maximum atomic E-state index is 12.8. The molecule has 0 heterocycles. The number of rotatable bonds is 7.